The number of hydrogen-bond acceptors (Lipinski definition) is 4. The number of para-hydroxylation sites is 1. The van der Waals surface area contributed by atoms with Crippen LogP contribution in [0, 0.1) is 13.8 Å². The second kappa shape index (κ2) is 9.91. The van der Waals surface area contributed by atoms with E-state index in [0.717, 1.165) is 22.5 Å². The third kappa shape index (κ3) is 5.51. The van der Waals surface area contributed by atoms with Gasteiger partial charge in [0, 0.05) is 30.2 Å². The fraction of sp³-hybridized carbons (Fsp3) is 0.154. The van der Waals surface area contributed by atoms with Crippen LogP contribution in [-0.2, 0) is 13.1 Å². The van der Waals surface area contributed by atoms with Gasteiger partial charge in [-0.2, -0.15) is 5.10 Å². The van der Waals surface area contributed by atoms with Crippen LogP contribution >= 0.6 is 0 Å². The number of anilines is 1. The van der Waals surface area contributed by atoms with Gasteiger partial charge in [0.05, 0.1) is 23.5 Å². The average Bonchev–Trinajstić information content (AvgIpc) is 3.15. The molecule has 4 aromatic rings. The minimum Gasteiger partial charge on any atom is -0.348 e. The zero-order chi connectivity index (χ0) is 23.2. The maximum Gasteiger partial charge on any atom is 0.255 e. The Morgan fingerprint density at radius 3 is 2.39 bits per heavy atom. The van der Waals surface area contributed by atoms with E-state index in [4.69, 9.17) is 0 Å². The number of carbonyl (C=O) groups is 2. The smallest absolute Gasteiger partial charge is 0.255 e. The van der Waals surface area contributed by atoms with Crippen molar-refractivity contribution in [1.82, 2.24) is 20.1 Å². The van der Waals surface area contributed by atoms with E-state index in [1.165, 1.54) is 0 Å². The SMILES string of the molecule is Cc1cc(C)n(Cc2ccc(C(=O)Nc3ccccc3C(=O)NCc3cccnc3)cc2)n1. The van der Waals surface area contributed by atoms with E-state index in [1.54, 1.807) is 48.8 Å². The topological polar surface area (TPSA) is 88.9 Å². The number of hydrogen-bond donors (Lipinski definition) is 2. The summed E-state index contributed by atoms with van der Waals surface area (Å²) >= 11 is 0. The molecule has 2 aromatic heterocycles. The van der Waals surface area contributed by atoms with Crippen LogP contribution in [0.2, 0.25) is 0 Å². The summed E-state index contributed by atoms with van der Waals surface area (Å²) in [4.78, 5) is 29.6. The normalized spacial score (nSPS) is 10.6. The number of rotatable bonds is 7. The first-order valence-corrected chi connectivity index (χ1v) is 10.7. The number of amides is 2. The molecule has 166 valence electrons. The molecule has 2 amide bonds. The molecule has 2 aromatic carbocycles. The fourth-order valence-corrected chi connectivity index (χ4v) is 3.53. The summed E-state index contributed by atoms with van der Waals surface area (Å²) in [7, 11) is 0. The second-order valence-corrected chi connectivity index (χ2v) is 7.83. The Balaban J connectivity index is 1.42. The van der Waals surface area contributed by atoms with Crippen LogP contribution in [0.3, 0.4) is 0 Å². The quantitative estimate of drug-likeness (QED) is 0.453. The van der Waals surface area contributed by atoms with Gasteiger partial charge in [0.15, 0.2) is 0 Å². The van der Waals surface area contributed by atoms with Crippen molar-refractivity contribution in [2.24, 2.45) is 0 Å². The summed E-state index contributed by atoms with van der Waals surface area (Å²) in [6, 6.07) is 20.1. The standard InChI is InChI=1S/C26H25N5O2/c1-18-14-19(2)31(30-18)17-20-9-11-22(12-10-20)25(32)29-24-8-4-3-7-23(24)26(33)28-16-21-6-5-13-27-15-21/h3-15H,16-17H2,1-2H3,(H,28,33)(H,29,32). The highest BCUT2D eigenvalue weighted by atomic mass is 16.2. The van der Waals surface area contributed by atoms with Crippen molar-refractivity contribution in [3.05, 3.63) is 113 Å². The summed E-state index contributed by atoms with van der Waals surface area (Å²) in [5.74, 6) is -0.546. The van der Waals surface area contributed by atoms with Crippen LogP contribution in [-0.4, -0.2) is 26.6 Å². The van der Waals surface area contributed by atoms with E-state index in [-0.39, 0.29) is 11.8 Å². The van der Waals surface area contributed by atoms with E-state index < -0.39 is 0 Å². The van der Waals surface area contributed by atoms with Crippen LogP contribution in [0.4, 0.5) is 5.69 Å². The number of aromatic nitrogens is 3. The molecule has 7 nitrogen and oxygen atoms in total. The minimum atomic E-state index is -0.278. The van der Waals surface area contributed by atoms with E-state index in [0.29, 0.717) is 29.9 Å². The number of carbonyl (C=O) groups excluding carboxylic acids is 2. The second-order valence-electron chi connectivity index (χ2n) is 7.83. The van der Waals surface area contributed by atoms with Gasteiger partial charge in [0.1, 0.15) is 0 Å². The van der Waals surface area contributed by atoms with Crippen molar-refractivity contribution in [2.45, 2.75) is 26.9 Å². The van der Waals surface area contributed by atoms with Gasteiger partial charge in [-0.25, -0.2) is 0 Å². The molecule has 0 aliphatic heterocycles. The number of nitrogens with one attached hydrogen (secondary N) is 2. The molecule has 7 heteroatoms. The van der Waals surface area contributed by atoms with Gasteiger partial charge in [-0.05, 0) is 61.4 Å². The van der Waals surface area contributed by atoms with E-state index in [2.05, 4.69) is 20.7 Å². The van der Waals surface area contributed by atoms with Gasteiger partial charge in [-0.15, -0.1) is 0 Å². The molecule has 0 aliphatic rings. The molecule has 0 aliphatic carbocycles. The largest absolute Gasteiger partial charge is 0.348 e. The Morgan fingerprint density at radius 1 is 0.909 bits per heavy atom. The monoisotopic (exact) mass is 439 g/mol. The molecular formula is C26H25N5O2. The Morgan fingerprint density at radius 2 is 1.70 bits per heavy atom. The van der Waals surface area contributed by atoms with Crippen molar-refractivity contribution in [1.29, 1.82) is 0 Å². The number of aryl methyl sites for hydroxylation is 2. The Bertz CT molecular complexity index is 1260. The minimum absolute atomic E-state index is 0.269. The first kappa shape index (κ1) is 22.0. The van der Waals surface area contributed by atoms with Crippen LogP contribution in [0.5, 0.6) is 0 Å². The van der Waals surface area contributed by atoms with E-state index >= 15 is 0 Å². The zero-order valence-corrected chi connectivity index (χ0v) is 18.6. The van der Waals surface area contributed by atoms with E-state index in [1.807, 2.05) is 48.9 Å². The molecule has 0 bridgehead atoms. The van der Waals surface area contributed by atoms with Gasteiger partial charge in [0.2, 0.25) is 0 Å². The number of pyridine rings is 1. The molecule has 0 saturated carbocycles. The van der Waals surface area contributed by atoms with Gasteiger partial charge in [0.25, 0.3) is 11.8 Å². The van der Waals surface area contributed by atoms with Crippen molar-refractivity contribution in [3.8, 4) is 0 Å². The van der Waals surface area contributed by atoms with Gasteiger partial charge >= 0.3 is 0 Å². The summed E-state index contributed by atoms with van der Waals surface area (Å²) in [6.07, 6.45) is 3.38. The molecule has 0 atom stereocenters. The van der Waals surface area contributed by atoms with Crippen molar-refractivity contribution in [3.63, 3.8) is 0 Å². The summed E-state index contributed by atoms with van der Waals surface area (Å²) in [5, 5.41) is 10.2. The van der Waals surface area contributed by atoms with Crippen LogP contribution in [0.15, 0.2) is 79.1 Å². The number of nitrogens with zero attached hydrogens (tertiary/aromatic N) is 3. The molecule has 33 heavy (non-hydrogen) atoms. The van der Waals surface area contributed by atoms with Crippen LogP contribution < -0.4 is 10.6 Å². The Kier molecular flexibility index (Phi) is 6.59. The molecule has 4 rings (SSSR count). The van der Waals surface area contributed by atoms with Crippen molar-refractivity contribution < 1.29 is 9.59 Å². The maximum absolute atomic E-state index is 12.8. The molecule has 0 spiro atoms. The summed E-state index contributed by atoms with van der Waals surface area (Å²) in [5.41, 5.74) is 5.38. The lowest BCUT2D eigenvalue weighted by atomic mass is 10.1. The molecule has 2 heterocycles. The highest BCUT2D eigenvalue weighted by Gasteiger charge is 2.14. The van der Waals surface area contributed by atoms with Gasteiger partial charge < -0.3 is 10.6 Å². The zero-order valence-electron chi connectivity index (χ0n) is 18.6. The first-order valence-electron chi connectivity index (χ1n) is 10.7. The molecule has 0 fully saturated rings. The fourth-order valence-electron chi connectivity index (χ4n) is 3.53. The Labute approximate surface area is 192 Å². The van der Waals surface area contributed by atoms with Crippen molar-refractivity contribution >= 4 is 17.5 Å². The lowest BCUT2D eigenvalue weighted by Gasteiger charge is -2.12. The average molecular weight is 440 g/mol. The highest BCUT2D eigenvalue weighted by molar-refractivity contribution is 6.09. The summed E-state index contributed by atoms with van der Waals surface area (Å²) in [6.45, 7) is 4.98. The molecular weight excluding hydrogens is 414 g/mol. The third-order valence-electron chi connectivity index (χ3n) is 5.25. The first-order chi connectivity index (χ1) is 16.0. The highest BCUT2D eigenvalue weighted by Crippen LogP contribution is 2.17. The predicted molar refractivity (Wildman–Crippen MR) is 127 cm³/mol. The van der Waals surface area contributed by atoms with Gasteiger partial charge in [-0.3, -0.25) is 19.3 Å². The predicted octanol–water partition coefficient (Wildman–Crippen LogP) is 4.13. The Hall–Kier alpha value is -4.26. The maximum atomic E-state index is 12.8. The van der Waals surface area contributed by atoms with Crippen LogP contribution in [0.25, 0.3) is 0 Å². The van der Waals surface area contributed by atoms with Crippen LogP contribution in [0.1, 0.15) is 43.2 Å². The molecule has 0 saturated heterocycles. The molecule has 0 radical (unpaired) electrons. The molecule has 0 unspecified atom stereocenters. The lowest BCUT2D eigenvalue weighted by Crippen LogP contribution is -2.25. The third-order valence-corrected chi connectivity index (χ3v) is 5.25. The van der Waals surface area contributed by atoms with Gasteiger partial charge in [-0.1, -0.05) is 30.3 Å². The number of benzene rings is 2. The van der Waals surface area contributed by atoms with Crippen molar-refractivity contribution in [2.75, 3.05) is 5.32 Å². The summed E-state index contributed by atoms with van der Waals surface area (Å²) < 4.78 is 1.94. The van der Waals surface area contributed by atoms with E-state index in [9.17, 15) is 9.59 Å². The molecule has 2 N–H and O–H groups in total. The lowest BCUT2D eigenvalue weighted by molar-refractivity contribution is 0.0951.